The number of ether oxygens (including phenoxy) is 1. The highest BCUT2D eigenvalue weighted by atomic mass is 16.5. The van der Waals surface area contributed by atoms with Gasteiger partial charge >= 0.3 is 5.97 Å². The number of carboxylic acid groups (broad SMARTS) is 1. The molecule has 136 valence electrons. The zero-order chi connectivity index (χ0) is 18.1. The first-order chi connectivity index (χ1) is 12.6. The van der Waals surface area contributed by atoms with E-state index in [4.69, 9.17) is 9.84 Å². The van der Waals surface area contributed by atoms with Gasteiger partial charge in [-0.1, -0.05) is 48.5 Å². The third-order valence-electron chi connectivity index (χ3n) is 5.26. The molecule has 1 heterocycles. The average molecular weight is 352 g/mol. The van der Waals surface area contributed by atoms with Crippen molar-refractivity contribution in [2.24, 2.45) is 0 Å². The lowest BCUT2D eigenvalue weighted by molar-refractivity contribution is -0.138. The molecule has 2 aromatic rings. The van der Waals surface area contributed by atoms with Crippen LogP contribution in [0.25, 0.3) is 11.1 Å². The van der Waals surface area contributed by atoms with Crippen molar-refractivity contribution < 1.29 is 14.6 Å². The molecule has 1 N–H and O–H groups in total. The predicted octanol–water partition coefficient (Wildman–Crippen LogP) is 2.47. The number of fused-ring (bicyclic) bond motifs is 3. The van der Waals surface area contributed by atoms with Crippen LogP contribution in [0.4, 0.5) is 0 Å². The van der Waals surface area contributed by atoms with Gasteiger partial charge in [0.05, 0.1) is 25.3 Å². The molecule has 1 saturated heterocycles. The van der Waals surface area contributed by atoms with Crippen LogP contribution in [-0.2, 0) is 9.53 Å². The monoisotopic (exact) mass is 352 g/mol. The Bertz CT molecular complexity index is 762. The van der Waals surface area contributed by atoms with Gasteiger partial charge in [-0.2, -0.15) is 0 Å². The molecule has 5 nitrogen and oxygen atoms in total. The Morgan fingerprint density at radius 1 is 1.15 bits per heavy atom. The van der Waals surface area contributed by atoms with Crippen molar-refractivity contribution in [1.82, 2.24) is 9.80 Å². The molecule has 0 amide bonds. The van der Waals surface area contributed by atoms with Gasteiger partial charge in [-0.3, -0.25) is 14.6 Å². The number of likely N-dealkylation sites (N-methyl/N-ethyl adjacent to an activating group) is 1. The first-order valence-electron chi connectivity index (χ1n) is 9.07. The number of aliphatic carboxylic acids is 1. The summed E-state index contributed by atoms with van der Waals surface area (Å²) in [4.78, 5) is 15.2. The number of carboxylic acids is 1. The van der Waals surface area contributed by atoms with Gasteiger partial charge in [-0.15, -0.1) is 0 Å². The van der Waals surface area contributed by atoms with E-state index in [2.05, 4.69) is 53.4 Å². The summed E-state index contributed by atoms with van der Waals surface area (Å²) in [6.45, 7) is 3.02. The minimum Gasteiger partial charge on any atom is -0.480 e. The van der Waals surface area contributed by atoms with Crippen LogP contribution in [0.5, 0.6) is 0 Å². The highest BCUT2D eigenvalue weighted by Gasteiger charge is 2.35. The van der Waals surface area contributed by atoms with Gasteiger partial charge in [-0.05, 0) is 29.3 Å². The molecule has 2 aromatic carbocycles. The first kappa shape index (κ1) is 17.2. The molecule has 1 atom stereocenters. The molecule has 2 aliphatic rings. The van der Waals surface area contributed by atoms with Gasteiger partial charge in [0.25, 0.3) is 0 Å². The van der Waals surface area contributed by atoms with E-state index in [1.807, 2.05) is 11.9 Å². The normalized spacial score (nSPS) is 20.2. The number of nitrogens with zero attached hydrogens (tertiary/aromatic N) is 2. The van der Waals surface area contributed by atoms with Crippen molar-refractivity contribution in [1.29, 1.82) is 0 Å². The van der Waals surface area contributed by atoms with Crippen molar-refractivity contribution in [3.05, 3.63) is 59.7 Å². The lowest BCUT2D eigenvalue weighted by Crippen LogP contribution is -2.48. The molecular weight excluding hydrogens is 328 g/mol. The SMILES string of the molecule is CN(CC(=O)O)CC1CN(C2c3ccccc3-c3ccccc32)CCO1. The second-order valence-electron chi connectivity index (χ2n) is 7.16. The number of benzene rings is 2. The molecule has 0 aromatic heterocycles. The fraction of sp³-hybridized carbons (Fsp3) is 0.381. The van der Waals surface area contributed by atoms with Gasteiger partial charge in [0.1, 0.15) is 0 Å². The average Bonchev–Trinajstić information content (AvgIpc) is 2.96. The van der Waals surface area contributed by atoms with Crippen molar-refractivity contribution in [3.63, 3.8) is 0 Å². The van der Waals surface area contributed by atoms with E-state index < -0.39 is 5.97 Å². The third-order valence-corrected chi connectivity index (χ3v) is 5.26. The van der Waals surface area contributed by atoms with Crippen LogP contribution in [0.2, 0.25) is 0 Å². The maximum absolute atomic E-state index is 10.9. The van der Waals surface area contributed by atoms with Crippen LogP contribution in [0, 0.1) is 0 Å². The maximum Gasteiger partial charge on any atom is 0.317 e. The number of hydrogen-bond donors (Lipinski definition) is 1. The molecule has 1 aliphatic carbocycles. The van der Waals surface area contributed by atoms with Crippen LogP contribution in [-0.4, -0.2) is 66.8 Å². The van der Waals surface area contributed by atoms with E-state index in [-0.39, 0.29) is 18.7 Å². The van der Waals surface area contributed by atoms with Gasteiger partial charge in [0.15, 0.2) is 0 Å². The van der Waals surface area contributed by atoms with Crippen molar-refractivity contribution in [2.75, 3.05) is 39.8 Å². The Morgan fingerprint density at radius 3 is 2.38 bits per heavy atom. The predicted molar refractivity (Wildman–Crippen MR) is 100 cm³/mol. The standard InChI is InChI=1S/C21H24N2O3/c1-22(14-20(24)25)12-15-13-23(10-11-26-15)21-18-8-4-2-6-16(18)17-7-3-5-9-19(17)21/h2-9,15,21H,10-14H2,1H3,(H,24,25). The summed E-state index contributed by atoms with van der Waals surface area (Å²) in [7, 11) is 1.83. The first-order valence-corrected chi connectivity index (χ1v) is 9.07. The van der Waals surface area contributed by atoms with Gasteiger partial charge < -0.3 is 9.84 Å². The van der Waals surface area contributed by atoms with Crippen LogP contribution >= 0.6 is 0 Å². The number of morpholine rings is 1. The van der Waals surface area contributed by atoms with Gasteiger partial charge in [0, 0.05) is 19.6 Å². The number of carbonyl (C=O) groups is 1. The van der Waals surface area contributed by atoms with E-state index in [0.717, 1.165) is 13.1 Å². The molecule has 1 fully saturated rings. The molecular formula is C21H24N2O3. The molecule has 5 heteroatoms. The second-order valence-corrected chi connectivity index (χ2v) is 7.16. The van der Waals surface area contributed by atoms with Gasteiger partial charge in [0.2, 0.25) is 0 Å². The van der Waals surface area contributed by atoms with Crippen LogP contribution in [0.15, 0.2) is 48.5 Å². The third kappa shape index (κ3) is 3.26. The van der Waals surface area contributed by atoms with E-state index in [9.17, 15) is 4.79 Å². The Hall–Kier alpha value is -2.21. The molecule has 0 bridgehead atoms. The topological polar surface area (TPSA) is 53.0 Å². The number of hydrogen-bond acceptors (Lipinski definition) is 4. The summed E-state index contributed by atoms with van der Waals surface area (Å²) in [5.41, 5.74) is 5.35. The molecule has 1 aliphatic heterocycles. The molecule has 0 radical (unpaired) electrons. The summed E-state index contributed by atoms with van der Waals surface area (Å²) in [6.07, 6.45) is 0.0213. The van der Waals surface area contributed by atoms with Crippen LogP contribution in [0.3, 0.4) is 0 Å². The minimum absolute atomic E-state index is 0.0213. The van der Waals surface area contributed by atoms with Gasteiger partial charge in [-0.25, -0.2) is 0 Å². The minimum atomic E-state index is -0.807. The highest BCUT2D eigenvalue weighted by molar-refractivity contribution is 5.78. The summed E-state index contributed by atoms with van der Waals surface area (Å²) in [6, 6.07) is 17.5. The van der Waals surface area contributed by atoms with E-state index in [1.165, 1.54) is 22.3 Å². The maximum atomic E-state index is 10.9. The zero-order valence-corrected chi connectivity index (χ0v) is 15.0. The molecule has 26 heavy (non-hydrogen) atoms. The largest absolute Gasteiger partial charge is 0.480 e. The van der Waals surface area contributed by atoms with Crippen molar-refractivity contribution >= 4 is 5.97 Å². The fourth-order valence-electron chi connectivity index (χ4n) is 4.25. The van der Waals surface area contributed by atoms with E-state index in [1.54, 1.807) is 0 Å². The Morgan fingerprint density at radius 2 is 1.77 bits per heavy atom. The number of rotatable bonds is 5. The van der Waals surface area contributed by atoms with E-state index >= 15 is 0 Å². The highest BCUT2D eigenvalue weighted by Crippen LogP contribution is 2.46. The van der Waals surface area contributed by atoms with E-state index in [0.29, 0.717) is 13.2 Å². The Balaban J connectivity index is 1.56. The van der Waals surface area contributed by atoms with Crippen molar-refractivity contribution in [2.45, 2.75) is 12.1 Å². The zero-order valence-electron chi connectivity index (χ0n) is 15.0. The second kappa shape index (κ2) is 7.19. The summed E-state index contributed by atoms with van der Waals surface area (Å²) in [5.74, 6) is -0.807. The smallest absolute Gasteiger partial charge is 0.317 e. The molecule has 0 saturated carbocycles. The van der Waals surface area contributed by atoms with Crippen LogP contribution in [0.1, 0.15) is 17.2 Å². The quantitative estimate of drug-likeness (QED) is 0.896. The van der Waals surface area contributed by atoms with Crippen LogP contribution < -0.4 is 0 Å². The Labute approximate surface area is 153 Å². The molecule has 0 spiro atoms. The Kier molecular flexibility index (Phi) is 4.76. The lowest BCUT2D eigenvalue weighted by Gasteiger charge is -2.38. The molecule has 4 rings (SSSR count). The summed E-state index contributed by atoms with van der Waals surface area (Å²) in [5, 5.41) is 8.96. The summed E-state index contributed by atoms with van der Waals surface area (Å²) >= 11 is 0. The molecule has 1 unspecified atom stereocenters. The van der Waals surface area contributed by atoms with Crippen molar-refractivity contribution in [3.8, 4) is 11.1 Å². The lowest BCUT2D eigenvalue weighted by atomic mass is 10.0. The fourth-order valence-corrected chi connectivity index (χ4v) is 4.25. The summed E-state index contributed by atoms with van der Waals surface area (Å²) < 4.78 is 5.92.